The van der Waals surface area contributed by atoms with Crippen molar-refractivity contribution < 1.29 is 14.3 Å². The highest BCUT2D eigenvalue weighted by Gasteiger charge is 2.34. The van der Waals surface area contributed by atoms with Crippen molar-refractivity contribution in [3.05, 3.63) is 65.7 Å². The maximum absolute atomic E-state index is 13.1. The molecule has 3 aromatic rings. The summed E-state index contributed by atoms with van der Waals surface area (Å²) < 4.78 is 11.5. The molecule has 154 valence electrons. The highest BCUT2D eigenvalue weighted by Crippen LogP contribution is 2.35. The smallest absolute Gasteiger partial charge is 0.265 e. The number of thiazole rings is 1. The highest BCUT2D eigenvalue weighted by atomic mass is 32.1. The molecule has 1 saturated heterocycles. The van der Waals surface area contributed by atoms with Gasteiger partial charge in [0.2, 0.25) is 0 Å². The molecule has 5 rings (SSSR count). The zero-order valence-corrected chi connectivity index (χ0v) is 17.4. The zero-order valence-electron chi connectivity index (χ0n) is 16.6. The fraction of sp³-hybridized carbons (Fsp3) is 0.304. The van der Waals surface area contributed by atoms with Crippen molar-refractivity contribution in [2.24, 2.45) is 0 Å². The monoisotopic (exact) mass is 421 g/mol. The molecule has 0 radical (unpaired) electrons. The van der Waals surface area contributed by atoms with E-state index < -0.39 is 6.10 Å². The molecule has 0 spiro atoms. The summed E-state index contributed by atoms with van der Waals surface area (Å²) in [5.41, 5.74) is 3.11. The maximum atomic E-state index is 13.1. The number of nitrogens with zero attached hydrogens (tertiary/aromatic N) is 3. The van der Waals surface area contributed by atoms with Crippen LogP contribution in [0.4, 0.5) is 5.69 Å². The number of rotatable bonds is 4. The number of para-hydroxylation sites is 2. The molecule has 0 saturated carbocycles. The number of anilines is 1. The molecule has 6 nitrogen and oxygen atoms in total. The Morgan fingerprint density at radius 3 is 2.67 bits per heavy atom. The van der Waals surface area contributed by atoms with E-state index in [-0.39, 0.29) is 5.91 Å². The minimum absolute atomic E-state index is 0.0288. The molecule has 3 heterocycles. The first-order chi connectivity index (χ1) is 14.8. The zero-order chi connectivity index (χ0) is 20.3. The van der Waals surface area contributed by atoms with Crippen LogP contribution >= 0.6 is 11.3 Å². The molecule has 1 unspecified atom stereocenters. The van der Waals surface area contributed by atoms with E-state index in [2.05, 4.69) is 22.4 Å². The molecular formula is C23H23N3O3S. The Labute approximate surface area is 179 Å². The number of fused-ring (bicyclic) bond motifs is 1. The highest BCUT2D eigenvalue weighted by molar-refractivity contribution is 7.13. The van der Waals surface area contributed by atoms with Crippen LogP contribution in [0, 0.1) is 0 Å². The van der Waals surface area contributed by atoms with Crippen LogP contribution in [0.2, 0.25) is 0 Å². The third-order valence-corrected chi connectivity index (χ3v) is 6.33. The van der Waals surface area contributed by atoms with Gasteiger partial charge in [0.1, 0.15) is 10.8 Å². The Bertz CT molecular complexity index is 1020. The Balaban J connectivity index is 1.37. The van der Waals surface area contributed by atoms with Gasteiger partial charge >= 0.3 is 0 Å². The van der Waals surface area contributed by atoms with E-state index in [0.29, 0.717) is 39.4 Å². The fourth-order valence-electron chi connectivity index (χ4n) is 3.86. The fourth-order valence-corrected chi connectivity index (χ4v) is 4.68. The maximum Gasteiger partial charge on any atom is 0.265 e. The number of carbonyl (C=O) groups excluding carboxylic acids is 1. The van der Waals surface area contributed by atoms with Gasteiger partial charge in [0, 0.05) is 24.0 Å². The van der Waals surface area contributed by atoms with E-state index in [1.807, 2.05) is 47.4 Å². The van der Waals surface area contributed by atoms with Gasteiger partial charge in [0.15, 0.2) is 6.10 Å². The second-order valence-corrected chi connectivity index (χ2v) is 8.26. The Kier molecular flexibility index (Phi) is 5.38. The topological polar surface area (TPSA) is 54.9 Å². The summed E-state index contributed by atoms with van der Waals surface area (Å²) in [5, 5.41) is 3.10. The van der Waals surface area contributed by atoms with Gasteiger partial charge in [-0.25, -0.2) is 4.98 Å². The summed E-state index contributed by atoms with van der Waals surface area (Å²) in [6, 6.07) is 18.1. The summed E-state index contributed by atoms with van der Waals surface area (Å²) in [4.78, 5) is 21.9. The molecule has 0 aliphatic carbocycles. The molecule has 2 aromatic carbocycles. The summed E-state index contributed by atoms with van der Waals surface area (Å²) >= 11 is 1.64. The van der Waals surface area contributed by atoms with Crippen LogP contribution in [-0.2, 0) is 16.1 Å². The molecule has 2 aliphatic heterocycles. The Morgan fingerprint density at radius 2 is 1.83 bits per heavy atom. The van der Waals surface area contributed by atoms with Crippen LogP contribution in [-0.4, -0.2) is 54.7 Å². The summed E-state index contributed by atoms with van der Waals surface area (Å²) in [6.07, 6.45) is -0.523. The van der Waals surface area contributed by atoms with E-state index in [1.165, 1.54) is 0 Å². The van der Waals surface area contributed by atoms with Gasteiger partial charge < -0.3 is 19.3 Å². The molecule has 1 fully saturated rings. The number of amides is 1. The average Bonchev–Trinajstić information content (AvgIpc) is 3.28. The number of benzene rings is 2. The number of hydrogen-bond donors (Lipinski definition) is 0. The second-order valence-electron chi connectivity index (χ2n) is 7.40. The Hall–Kier alpha value is -2.90. The van der Waals surface area contributed by atoms with Gasteiger partial charge in [-0.2, -0.15) is 0 Å². The number of hydrogen-bond acceptors (Lipinski definition) is 6. The summed E-state index contributed by atoms with van der Waals surface area (Å²) in [5.74, 6) is 0.773. The van der Waals surface area contributed by atoms with Crippen LogP contribution in [0.5, 0.6) is 5.75 Å². The SMILES string of the molecule is O=C(C1CN(Cc2csc(-c3ccccc3)n2)c2ccccc2O1)N1CCOCC1. The van der Waals surface area contributed by atoms with Gasteiger partial charge in [-0.15, -0.1) is 11.3 Å². The third kappa shape index (κ3) is 3.91. The van der Waals surface area contributed by atoms with Crippen LogP contribution in [0.25, 0.3) is 10.6 Å². The molecular weight excluding hydrogens is 398 g/mol. The molecule has 7 heteroatoms. The van der Waals surface area contributed by atoms with Crippen LogP contribution in [0.15, 0.2) is 60.0 Å². The normalized spacial score (nSPS) is 18.6. The lowest BCUT2D eigenvalue weighted by Gasteiger charge is -2.38. The van der Waals surface area contributed by atoms with Gasteiger partial charge in [-0.1, -0.05) is 42.5 Å². The quantitative estimate of drug-likeness (QED) is 0.646. The minimum atomic E-state index is -0.523. The molecule has 1 amide bonds. The third-order valence-electron chi connectivity index (χ3n) is 5.38. The molecule has 0 N–H and O–H groups in total. The van der Waals surface area contributed by atoms with E-state index >= 15 is 0 Å². The lowest BCUT2D eigenvalue weighted by Crippen LogP contribution is -2.52. The van der Waals surface area contributed by atoms with E-state index in [4.69, 9.17) is 14.5 Å². The van der Waals surface area contributed by atoms with Crippen molar-refractivity contribution in [1.82, 2.24) is 9.88 Å². The predicted molar refractivity (Wildman–Crippen MR) is 117 cm³/mol. The largest absolute Gasteiger partial charge is 0.477 e. The molecule has 2 aliphatic rings. The van der Waals surface area contributed by atoms with Crippen molar-refractivity contribution in [3.8, 4) is 16.3 Å². The predicted octanol–water partition coefficient (Wildman–Crippen LogP) is 3.44. The summed E-state index contributed by atoms with van der Waals surface area (Å²) in [6.45, 7) is 3.54. The van der Waals surface area contributed by atoms with Crippen molar-refractivity contribution in [2.75, 3.05) is 37.7 Å². The first-order valence-corrected chi connectivity index (χ1v) is 11.0. The molecule has 1 aromatic heterocycles. The summed E-state index contributed by atoms with van der Waals surface area (Å²) in [7, 11) is 0. The van der Waals surface area contributed by atoms with Crippen LogP contribution in [0.3, 0.4) is 0 Å². The molecule has 1 atom stereocenters. The lowest BCUT2D eigenvalue weighted by atomic mass is 10.1. The second kappa shape index (κ2) is 8.45. The first-order valence-electron chi connectivity index (χ1n) is 10.1. The average molecular weight is 422 g/mol. The molecule has 0 bridgehead atoms. The number of morpholine rings is 1. The standard InChI is InChI=1S/C23H23N3O3S/c27-23(25-10-12-28-13-11-25)21-15-26(19-8-4-5-9-20(19)29-21)14-18-16-30-22(24-18)17-6-2-1-3-7-17/h1-9,16,21H,10-15H2. The molecule has 30 heavy (non-hydrogen) atoms. The lowest BCUT2D eigenvalue weighted by molar-refractivity contribution is -0.142. The van der Waals surface area contributed by atoms with Crippen molar-refractivity contribution in [2.45, 2.75) is 12.6 Å². The number of ether oxygens (including phenoxy) is 2. The van der Waals surface area contributed by atoms with E-state index in [0.717, 1.165) is 27.7 Å². The van der Waals surface area contributed by atoms with Gasteiger partial charge in [-0.05, 0) is 12.1 Å². The number of aromatic nitrogens is 1. The van der Waals surface area contributed by atoms with E-state index in [1.54, 1.807) is 11.3 Å². The van der Waals surface area contributed by atoms with Gasteiger partial charge in [0.05, 0.1) is 37.7 Å². The van der Waals surface area contributed by atoms with Crippen molar-refractivity contribution >= 4 is 22.9 Å². The van der Waals surface area contributed by atoms with Crippen LogP contribution < -0.4 is 9.64 Å². The Morgan fingerprint density at radius 1 is 1.07 bits per heavy atom. The van der Waals surface area contributed by atoms with E-state index in [9.17, 15) is 4.79 Å². The van der Waals surface area contributed by atoms with Crippen LogP contribution in [0.1, 0.15) is 5.69 Å². The minimum Gasteiger partial charge on any atom is -0.477 e. The van der Waals surface area contributed by atoms with Crippen molar-refractivity contribution in [1.29, 1.82) is 0 Å². The van der Waals surface area contributed by atoms with Crippen molar-refractivity contribution in [3.63, 3.8) is 0 Å². The first kappa shape index (κ1) is 19.1. The number of carbonyl (C=O) groups is 1. The van der Waals surface area contributed by atoms with Gasteiger partial charge in [-0.3, -0.25) is 4.79 Å². The van der Waals surface area contributed by atoms with Gasteiger partial charge in [0.25, 0.3) is 5.91 Å².